The quantitative estimate of drug-likeness (QED) is 0.415. The zero-order valence-electron chi connectivity index (χ0n) is 18.1. The number of nitrogens with zero attached hydrogens (tertiary/aromatic N) is 2. The van der Waals surface area contributed by atoms with Crippen molar-refractivity contribution in [2.75, 3.05) is 50.6 Å². The smallest absolute Gasteiger partial charge is 0.341 e. The lowest BCUT2D eigenvalue weighted by atomic mass is 10.1. The number of methoxy groups -OCH3 is 2. The van der Waals surface area contributed by atoms with Gasteiger partial charge in [-0.2, -0.15) is 0 Å². The zero-order valence-corrected chi connectivity index (χ0v) is 19.7. The summed E-state index contributed by atoms with van der Waals surface area (Å²) in [4.78, 5) is 18.4. The van der Waals surface area contributed by atoms with Crippen LogP contribution in [0, 0.1) is 0 Å². The minimum atomic E-state index is -0.269. The van der Waals surface area contributed by atoms with Gasteiger partial charge in [0.2, 0.25) is 0 Å². The van der Waals surface area contributed by atoms with E-state index in [-0.39, 0.29) is 5.97 Å². The standard InChI is InChI=1S/C23H29N3O3S2/c1-28-17-10-8-16(9-11-17)25-12-14-26(15-13-25)23(30)24-21-20(22(27)29-2)18-6-4-3-5-7-19(18)31-21/h8-11H,3-7,12-15H2,1-2H3,(H,24,30). The highest BCUT2D eigenvalue weighted by Crippen LogP contribution is 2.38. The fourth-order valence-corrected chi connectivity index (χ4v) is 5.91. The van der Waals surface area contributed by atoms with Gasteiger partial charge in [-0.05, 0) is 67.7 Å². The largest absolute Gasteiger partial charge is 0.497 e. The number of thiocarbonyl (C=S) groups is 1. The first-order chi connectivity index (χ1) is 15.1. The first kappa shape index (κ1) is 21.9. The third kappa shape index (κ3) is 4.80. The number of hydrogen-bond acceptors (Lipinski definition) is 6. The summed E-state index contributed by atoms with van der Waals surface area (Å²) in [5, 5.41) is 4.89. The van der Waals surface area contributed by atoms with Gasteiger partial charge in [0, 0.05) is 36.7 Å². The van der Waals surface area contributed by atoms with Gasteiger partial charge in [0.15, 0.2) is 5.11 Å². The van der Waals surface area contributed by atoms with E-state index < -0.39 is 0 Å². The molecule has 0 saturated carbocycles. The number of fused-ring (bicyclic) bond motifs is 1. The first-order valence-electron chi connectivity index (χ1n) is 10.8. The maximum atomic E-state index is 12.6. The lowest BCUT2D eigenvalue weighted by molar-refractivity contribution is 0.0601. The monoisotopic (exact) mass is 459 g/mol. The van der Waals surface area contributed by atoms with Gasteiger partial charge >= 0.3 is 5.97 Å². The van der Waals surface area contributed by atoms with Gasteiger partial charge in [-0.25, -0.2) is 4.79 Å². The van der Waals surface area contributed by atoms with E-state index in [1.165, 1.54) is 30.5 Å². The molecular weight excluding hydrogens is 430 g/mol. The van der Waals surface area contributed by atoms with Crippen LogP contribution in [0.3, 0.4) is 0 Å². The van der Waals surface area contributed by atoms with Gasteiger partial charge in [-0.15, -0.1) is 11.3 Å². The predicted molar refractivity (Wildman–Crippen MR) is 130 cm³/mol. The summed E-state index contributed by atoms with van der Waals surface area (Å²) < 4.78 is 10.4. The van der Waals surface area contributed by atoms with Crippen LogP contribution in [0.4, 0.5) is 10.7 Å². The Hall–Kier alpha value is -2.32. The van der Waals surface area contributed by atoms with Crippen molar-refractivity contribution in [1.82, 2.24) is 4.90 Å². The molecule has 0 amide bonds. The van der Waals surface area contributed by atoms with Gasteiger partial charge in [-0.1, -0.05) is 6.42 Å². The number of hydrogen-bond donors (Lipinski definition) is 1. The van der Waals surface area contributed by atoms with Gasteiger partial charge < -0.3 is 24.6 Å². The molecule has 1 fully saturated rings. The molecule has 4 rings (SSSR count). The van der Waals surface area contributed by atoms with Crippen LogP contribution in [-0.4, -0.2) is 56.4 Å². The Kier molecular flexibility index (Phi) is 6.97. The second-order valence-electron chi connectivity index (χ2n) is 7.86. The number of benzene rings is 1. The average Bonchev–Trinajstić information content (AvgIpc) is 2.98. The van der Waals surface area contributed by atoms with Gasteiger partial charge in [0.1, 0.15) is 10.8 Å². The minimum absolute atomic E-state index is 0.269. The van der Waals surface area contributed by atoms with E-state index in [0.29, 0.717) is 10.7 Å². The summed E-state index contributed by atoms with van der Waals surface area (Å²) in [7, 11) is 3.13. The fraction of sp³-hybridized carbons (Fsp3) is 0.478. The molecule has 1 saturated heterocycles. The number of nitrogens with one attached hydrogen (secondary N) is 1. The number of anilines is 2. The van der Waals surface area contributed by atoms with Gasteiger partial charge in [-0.3, -0.25) is 0 Å². The molecule has 1 aromatic heterocycles. The lowest BCUT2D eigenvalue weighted by Crippen LogP contribution is -2.50. The number of esters is 1. The maximum Gasteiger partial charge on any atom is 0.341 e. The summed E-state index contributed by atoms with van der Waals surface area (Å²) >= 11 is 7.39. The predicted octanol–water partition coefficient (Wildman–Crippen LogP) is 4.33. The van der Waals surface area contributed by atoms with Crippen LogP contribution in [0.15, 0.2) is 24.3 Å². The molecule has 0 radical (unpaired) electrons. The summed E-state index contributed by atoms with van der Waals surface area (Å²) in [5.74, 6) is 0.595. The topological polar surface area (TPSA) is 54.0 Å². The van der Waals surface area contributed by atoms with Crippen molar-refractivity contribution in [3.8, 4) is 5.75 Å². The van der Waals surface area contributed by atoms with E-state index in [4.69, 9.17) is 21.7 Å². The molecule has 6 nitrogen and oxygen atoms in total. The Balaban J connectivity index is 1.42. The molecule has 2 heterocycles. The van der Waals surface area contributed by atoms with E-state index in [0.717, 1.165) is 61.8 Å². The van der Waals surface area contributed by atoms with Crippen molar-refractivity contribution in [3.05, 3.63) is 40.3 Å². The molecule has 2 aromatic rings. The highest BCUT2D eigenvalue weighted by Gasteiger charge is 2.27. The minimum Gasteiger partial charge on any atom is -0.497 e. The number of aryl methyl sites for hydroxylation is 1. The number of ether oxygens (including phenoxy) is 2. The Morgan fingerprint density at radius 1 is 1.03 bits per heavy atom. The van der Waals surface area contributed by atoms with Crippen molar-refractivity contribution < 1.29 is 14.3 Å². The normalized spacial score (nSPS) is 16.3. The molecular formula is C23H29N3O3S2. The van der Waals surface area contributed by atoms with E-state index >= 15 is 0 Å². The van der Waals surface area contributed by atoms with E-state index in [9.17, 15) is 4.79 Å². The van der Waals surface area contributed by atoms with Gasteiger partial charge in [0.05, 0.1) is 19.8 Å². The zero-order chi connectivity index (χ0) is 21.8. The van der Waals surface area contributed by atoms with Crippen LogP contribution in [0.1, 0.15) is 40.1 Å². The van der Waals surface area contributed by atoms with Crippen molar-refractivity contribution in [2.45, 2.75) is 32.1 Å². The molecule has 1 aliphatic carbocycles. The second-order valence-corrected chi connectivity index (χ2v) is 9.35. The summed E-state index contributed by atoms with van der Waals surface area (Å²) in [6.45, 7) is 3.44. The van der Waals surface area contributed by atoms with Crippen molar-refractivity contribution in [1.29, 1.82) is 0 Å². The SMILES string of the molecule is COC(=O)c1c(NC(=S)N2CCN(c3ccc(OC)cc3)CC2)sc2c1CCCCC2. The highest BCUT2D eigenvalue weighted by atomic mass is 32.1. The molecule has 1 aliphatic heterocycles. The number of piperazine rings is 1. The van der Waals surface area contributed by atoms with Crippen LogP contribution >= 0.6 is 23.6 Å². The molecule has 8 heteroatoms. The molecule has 0 spiro atoms. The Morgan fingerprint density at radius 2 is 1.74 bits per heavy atom. The van der Waals surface area contributed by atoms with Crippen molar-refractivity contribution in [2.24, 2.45) is 0 Å². The first-order valence-corrected chi connectivity index (χ1v) is 12.0. The van der Waals surface area contributed by atoms with E-state index in [2.05, 4.69) is 27.2 Å². The van der Waals surface area contributed by atoms with E-state index in [1.807, 2.05) is 12.1 Å². The average molecular weight is 460 g/mol. The van der Waals surface area contributed by atoms with Crippen molar-refractivity contribution in [3.63, 3.8) is 0 Å². The number of carbonyl (C=O) groups is 1. The molecule has 1 N–H and O–H groups in total. The van der Waals surface area contributed by atoms with Crippen LogP contribution < -0.4 is 15.0 Å². The number of thiophene rings is 1. The second kappa shape index (κ2) is 9.87. The van der Waals surface area contributed by atoms with Crippen LogP contribution in [0.25, 0.3) is 0 Å². The Bertz CT molecular complexity index is 934. The maximum absolute atomic E-state index is 12.6. The molecule has 0 atom stereocenters. The van der Waals surface area contributed by atoms with Crippen LogP contribution in [0.2, 0.25) is 0 Å². The molecule has 0 bridgehead atoms. The third-order valence-corrected chi connectivity index (χ3v) is 7.60. The van der Waals surface area contributed by atoms with Gasteiger partial charge in [0.25, 0.3) is 0 Å². The number of rotatable bonds is 4. The fourth-order valence-electron chi connectivity index (χ4n) is 4.29. The molecule has 0 unspecified atom stereocenters. The number of carbonyl (C=O) groups excluding carboxylic acids is 1. The van der Waals surface area contributed by atoms with Crippen LogP contribution in [0.5, 0.6) is 5.75 Å². The molecule has 1 aromatic carbocycles. The lowest BCUT2D eigenvalue weighted by Gasteiger charge is -2.37. The summed E-state index contributed by atoms with van der Waals surface area (Å²) in [6.07, 6.45) is 5.46. The Labute approximate surface area is 193 Å². The highest BCUT2D eigenvalue weighted by molar-refractivity contribution is 7.80. The summed E-state index contributed by atoms with van der Waals surface area (Å²) in [6, 6.07) is 8.16. The Morgan fingerprint density at radius 3 is 2.42 bits per heavy atom. The summed E-state index contributed by atoms with van der Waals surface area (Å²) in [5.41, 5.74) is 3.03. The molecule has 2 aliphatic rings. The molecule has 166 valence electrons. The van der Waals surface area contributed by atoms with E-state index in [1.54, 1.807) is 18.4 Å². The molecule has 31 heavy (non-hydrogen) atoms. The third-order valence-electron chi connectivity index (χ3n) is 6.04. The van der Waals surface area contributed by atoms with Crippen molar-refractivity contribution >= 4 is 45.3 Å². The van der Waals surface area contributed by atoms with Crippen LogP contribution in [-0.2, 0) is 17.6 Å².